The minimum Gasteiger partial charge on any atom is -0.378 e. The van der Waals surface area contributed by atoms with Crippen molar-refractivity contribution < 1.29 is 0 Å². The highest BCUT2D eigenvalue weighted by molar-refractivity contribution is 6.30. The molecule has 0 aromatic heterocycles. The predicted octanol–water partition coefficient (Wildman–Crippen LogP) is 4.30. The largest absolute Gasteiger partial charge is 0.378 e. The van der Waals surface area contributed by atoms with Gasteiger partial charge in [0.25, 0.3) is 0 Å². The molecule has 0 spiro atoms. The van der Waals surface area contributed by atoms with Crippen LogP contribution in [0.5, 0.6) is 0 Å². The fourth-order valence-electron chi connectivity index (χ4n) is 2.42. The maximum absolute atomic E-state index is 5.95. The molecule has 21 heavy (non-hydrogen) atoms. The van der Waals surface area contributed by atoms with E-state index in [1.165, 1.54) is 16.8 Å². The van der Waals surface area contributed by atoms with Crippen LogP contribution in [0.25, 0.3) is 0 Å². The summed E-state index contributed by atoms with van der Waals surface area (Å²) >= 11 is 5.95. The van der Waals surface area contributed by atoms with Crippen molar-refractivity contribution in [3.05, 3.63) is 64.7 Å². The third-order valence-corrected chi connectivity index (χ3v) is 3.87. The van der Waals surface area contributed by atoms with Crippen LogP contribution in [-0.4, -0.2) is 20.6 Å². The van der Waals surface area contributed by atoms with E-state index < -0.39 is 0 Å². The predicted molar refractivity (Wildman–Crippen MR) is 92.3 cm³/mol. The second-order valence-electron chi connectivity index (χ2n) is 5.43. The number of halogens is 1. The maximum atomic E-state index is 5.95. The first-order valence-electron chi connectivity index (χ1n) is 7.35. The van der Waals surface area contributed by atoms with Crippen LogP contribution < -0.4 is 10.2 Å². The second-order valence-corrected chi connectivity index (χ2v) is 5.86. The molecule has 112 valence electrons. The molecule has 0 aliphatic heterocycles. The van der Waals surface area contributed by atoms with Gasteiger partial charge in [0.15, 0.2) is 0 Å². The van der Waals surface area contributed by atoms with Gasteiger partial charge in [0.05, 0.1) is 0 Å². The van der Waals surface area contributed by atoms with E-state index in [1.54, 1.807) is 0 Å². The Bertz CT molecular complexity index is 546. The highest BCUT2D eigenvalue weighted by atomic mass is 35.5. The number of anilines is 1. The van der Waals surface area contributed by atoms with Crippen molar-refractivity contribution in [3.8, 4) is 0 Å². The zero-order valence-electron chi connectivity index (χ0n) is 12.9. The molecule has 0 saturated heterocycles. The Morgan fingerprint density at radius 1 is 1.00 bits per heavy atom. The molecular weight excluding hydrogens is 280 g/mol. The molecule has 2 aromatic carbocycles. The number of nitrogens with zero attached hydrogens (tertiary/aromatic N) is 1. The number of nitrogens with one attached hydrogen (secondary N) is 1. The molecule has 0 aliphatic rings. The molecule has 3 heteroatoms. The van der Waals surface area contributed by atoms with Crippen LogP contribution in [-0.2, 0) is 6.42 Å². The molecule has 0 fully saturated rings. The molecule has 0 radical (unpaired) electrons. The van der Waals surface area contributed by atoms with E-state index >= 15 is 0 Å². The van der Waals surface area contributed by atoms with E-state index in [1.807, 2.05) is 12.1 Å². The summed E-state index contributed by atoms with van der Waals surface area (Å²) in [6.45, 7) is 3.09. The first-order valence-corrected chi connectivity index (χ1v) is 7.73. The SMILES string of the molecule is CCNC(Cc1ccc(Cl)cc1)c1ccc(N(C)C)cc1. The maximum Gasteiger partial charge on any atom is 0.0406 e. The molecule has 2 rings (SSSR count). The fraction of sp³-hybridized carbons (Fsp3) is 0.333. The van der Waals surface area contributed by atoms with E-state index in [4.69, 9.17) is 11.6 Å². The molecule has 1 unspecified atom stereocenters. The van der Waals surface area contributed by atoms with Crippen molar-refractivity contribution >= 4 is 17.3 Å². The van der Waals surface area contributed by atoms with Gasteiger partial charge in [-0.25, -0.2) is 0 Å². The van der Waals surface area contributed by atoms with Gasteiger partial charge in [0, 0.05) is 30.8 Å². The summed E-state index contributed by atoms with van der Waals surface area (Å²) in [6.07, 6.45) is 0.965. The van der Waals surface area contributed by atoms with E-state index in [-0.39, 0.29) is 0 Å². The molecular formula is C18H23ClN2. The molecule has 0 saturated carbocycles. The lowest BCUT2D eigenvalue weighted by molar-refractivity contribution is 0.550. The van der Waals surface area contributed by atoms with Crippen LogP contribution in [0.4, 0.5) is 5.69 Å². The molecule has 0 amide bonds. The molecule has 0 bridgehead atoms. The van der Waals surface area contributed by atoms with Gasteiger partial charge >= 0.3 is 0 Å². The van der Waals surface area contributed by atoms with Crippen LogP contribution >= 0.6 is 11.6 Å². The minimum absolute atomic E-state index is 0.326. The second kappa shape index (κ2) is 7.48. The number of hydrogen-bond acceptors (Lipinski definition) is 2. The highest BCUT2D eigenvalue weighted by Crippen LogP contribution is 2.22. The Morgan fingerprint density at radius 3 is 2.14 bits per heavy atom. The van der Waals surface area contributed by atoms with Crippen molar-refractivity contribution in [2.75, 3.05) is 25.5 Å². The first-order chi connectivity index (χ1) is 10.1. The van der Waals surface area contributed by atoms with Gasteiger partial charge in [-0.1, -0.05) is 42.8 Å². The zero-order valence-corrected chi connectivity index (χ0v) is 13.7. The lowest BCUT2D eigenvalue weighted by Gasteiger charge is -2.20. The highest BCUT2D eigenvalue weighted by Gasteiger charge is 2.11. The normalized spacial score (nSPS) is 12.2. The van der Waals surface area contributed by atoms with Gasteiger partial charge in [-0.05, 0) is 48.4 Å². The van der Waals surface area contributed by atoms with Crippen LogP contribution in [0, 0.1) is 0 Å². The Hall–Kier alpha value is -1.51. The first kappa shape index (κ1) is 15.9. The number of hydrogen-bond donors (Lipinski definition) is 1. The van der Waals surface area contributed by atoms with Gasteiger partial charge in [-0.3, -0.25) is 0 Å². The standard InChI is InChI=1S/C18H23ClN2/c1-4-20-18(13-14-5-9-16(19)10-6-14)15-7-11-17(12-8-15)21(2)3/h5-12,18,20H,4,13H2,1-3H3. The lowest BCUT2D eigenvalue weighted by Crippen LogP contribution is -2.23. The van der Waals surface area contributed by atoms with Crippen molar-refractivity contribution in [2.45, 2.75) is 19.4 Å². The van der Waals surface area contributed by atoms with Crippen molar-refractivity contribution in [1.82, 2.24) is 5.32 Å². The quantitative estimate of drug-likeness (QED) is 0.856. The van der Waals surface area contributed by atoms with E-state index in [0.29, 0.717) is 6.04 Å². The average molecular weight is 303 g/mol. The van der Waals surface area contributed by atoms with E-state index in [9.17, 15) is 0 Å². The lowest BCUT2D eigenvalue weighted by atomic mass is 9.98. The molecule has 0 heterocycles. The minimum atomic E-state index is 0.326. The summed E-state index contributed by atoms with van der Waals surface area (Å²) < 4.78 is 0. The third kappa shape index (κ3) is 4.48. The molecule has 0 aliphatic carbocycles. The van der Waals surface area contributed by atoms with Gasteiger partial charge in [0.2, 0.25) is 0 Å². The van der Waals surface area contributed by atoms with E-state index in [0.717, 1.165) is 18.0 Å². The van der Waals surface area contributed by atoms with Gasteiger partial charge in [0.1, 0.15) is 0 Å². The Balaban J connectivity index is 2.15. The molecule has 1 atom stereocenters. The van der Waals surface area contributed by atoms with E-state index in [2.05, 4.69) is 67.6 Å². The van der Waals surface area contributed by atoms with Crippen molar-refractivity contribution in [3.63, 3.8) is 0 Å². The molecule has 1 N–H and O–H groups in total. The Kier molecular flexibility index (Phi) is 5.66. The zero-order chi connectivity index (χ0) is 15.2. The van der Waals surface area contributed by atoms with Crippen molar-refractivity contribution in [2.24, 2.45) is 0 Å². The van der Waals surface area contributed by atoms with Gasteiger partial charge in [-0.2, -0.15) is 0 Å². The molecule has 2 nitrogen and oxygen atoms in total. The van der Waals surface area contributed by atoms with Crippen molar-refractivity contribution in [1.29, 1.82) is 0 Å². The fourth-order valence-corrected chi connectivity index (χ4v) is 2.54. The summed E-state index contributed by atoms with van der Waals surface area (Å²) in [6, 6.07) is 17.2. The summed E-state index contributed by atoms with van der Waals surface area (Å²) in [7, 11) is 4.12. The van der Waals surface area contributed by atoms with Crippen LogP contribution in [0.15, 0.2) is 48.5 Å². The summed E-state index contributed by atoms with van der Waals surface area (Å²) in [5.41, 5.74) is 3.83. The topological polar surface area (TPSA) is 15.3 Å². The Morgan fingerprint density at radius 2 is 1.62 bits per heavy atom. The van der Waals surface area contributed by atoms with Crippen LogP contribution in [0.3, 0.4) is 0 Å². The Labute approximate surface area is 132 Å². The summed E-state index contributed by atoms with van der Waals surface area (Å²) in [5, 5.41) is 4.35. The summed E-state index contributed by atoms with van der Waals surface area (Å²) in [4.78, 5) is 2.12. The number of rotatable bonds is 6. The third-order valence-electron chi connectivity index (χ3n) is 3.62. The average Bonchev–Trinajstić information content (AvgIpc) is 2.49. The van der Waals surface area contributed by atoms with Gasteiger partial charge < -0.3 is 10.2 Å². The number of benzene rings is 2. The van der Waals surface area contributed by atoms with Crippen LogP contribution in [0.2, 0.25) is 5.02 Å². The number of likely N-dealkylation sites (N-methyl/N-ethyl adjacent to an activating group) is 1. The molecule has 2 aromatic rings. The summed E-state index contributed by atoms with van der Waals surface area (Å²) in [5.74, 6) is 0. The smallest absolute Gasteiger partial charge is 0.0406 e. The van der Waals surface area contributed by atoms with Gasteiger partial charge in [-0.15, -0.1) is 0 Å². The van der Waals surface area contributed by atoms with Crippen LogP contribution in [0.1, 0.15) is 24.1 Å². The monoisotopic (exact) mass is 302 g/mol.